The molecule has 0 atom stereocenters. The van der Waals surface area contributed by atoms with Crippen LogP contribution in [0.15, 0.2) is 72.1 Å². The van der Waals surface area contributed by atoms with E-state index in [-0.39, 0.29) is 5.97 Å². The molecule has 0 saturated heterocycles. The van der Waals surface area contributed by atoms with Gasteiger partial charge in [0.1, 0.15) is 6.61 Å². The van der Waals surface area contributed by atoms with Crippen molar-refractivity contribution in [3.05, 3.63) is 67.3 Å². The van der Waals surface area contributed by atoms with Crippen LogP contribution in [0.5, 0.6) is 0 Å². The minimum atomic E-state index is -0.370. The summed E-state index contributed by atoms with van der Waals surface area (Å²) in [5.41, 5.74) is 2.41. The van der Waals surface area contributed by atoms with Crippen LogP contribution < -0.4 is 0 Å². The predicted octanol–water partition coefficient (Wildman–Crippen LogP) is 4.17. The topological polar surface area (TPSA) is 26.3 Å². The lowest BCUT2D eigenvalue weighted by Crippen LogP contribution is -2.03. The molecule has 0 saturated carbocycles. The third-order valence-corrected chi connectivity index (χ3v) is 3.70. The molecule has 0 unspecified atom stereocenters. The van der Waals surface area contributed by atoms with Gasteiger partial charge in [0.05, 0.1) is 0 Å². The molecule has 0 heterocycles. The summed E-state index contributed by atoms with van der Waals surface area (Å²) in [6, 6.07) is 18.6. The second-order valence-electron chi connectivity index (χ2n) is 4.11. The van der Waals surface area contributed by atoms with Crippen LogP contribution in [0.3, 0.4) is 0 Å². The molecule has 0 aliphatic carbocycles. The number of carbonyl (C=O) groups is 1. The Hall–Kier alpha value is -2.00. The number of esters is 1. The second-order valence-corrected chi connectivity index (χ2v) is 5.28. The van der Waals surface area contributed by atoms with Crippen molar-refractivity contribution in [2.75, 3.05) is 12.4 Å². The van der Waals surface area contributed by atoms with E-state index < -0.39 is 0 Å². The Bertz CT molecular complexity index is 561. The smallest absolute Gasteiger partial charge is 0.330 e. The first-order chi connectivity index (χ1) is 9.79. The number of benzene rings is 2. The number of hydrogen-bond donors (Lipinski definition) is 0. The molecule has 0 aliphatic heterocycles. The van der Waals surface area contributed by atoms with Gasteiger partial charge in [-0.1, -0.05) is 49.0 Å². The van der Waals surface area contributed by atoms with Gasteiger partial charge in [-0.2, -0.15) is 0 Å². The maximum absolute atomic E-state index is 10.9. The van der Waals surface area contributed by atoms with Gasteiger partial charge in [0, 0.05) is 16.7 Å². The van der Waals surface area contributed by atoms with Crippen molar-refractivity contribution < 1.29 is 9.53 Å². The van der Waals surface area contributed by atoms with Crippen molar-refractivity contribution in [3.63, 3.8) is 0 Å². The summed E-state index contributed by atoms with van der Waals surface area (Å²) < 4.78 is 4.93. The van der Waals surface area contributed by atoms with Crippen LogP contribution in [0.25, 0.3) is 11.1 Å². The van der Waals surface area contributed by atoms with E-state index in [2.05, 4.69) is 43.0 Å². The van der Waals surface area contributed by atoms with E-state index in [1.54, 1.807) is 11.8 Å². The average Bonchev–Trinajstić information content (AvgIpc) is 2.52. The minimum absolute atomic E-state index is 0.370. The highest BCUT2D eigenvalue weighted by atomic mass is 32.2. The van der Waals surface area contributed by atoms with Gasteiger partial charge in [0.2, 0.25) is 0 Å². The van der Waals surface area contributed by atoms with Gasteiger partial charge >= 0.3 is 5.97 Å². The Morgan fingerprint density at radius 3 is 2.35 bits per heavy atom. The Morgan fingerprint density at radius 2 is 1.70 bits per heavy atom. The fraction of sp³-hybridized carbons (Fsp3) is 0.118. The predicted molar refractivity (Wildman–Crippen MR) is 83.8 cm³/mol. The molecule has 0 amide bonds. The summed E-state index contributed by atoms with van der Waals surface area (Å²) in [5, 5.41) is 0. The van der Waals surface area contributed by atoms with E-state index in [0.717, 1.165) is 5.75 Å². The van der Waals surface area contributed by atoms with Crippen molar-refractivity contribution in [2.45, 2.75) is 4.90 Å². The fourth-order valence-corrected chi connectivity index (χ4v) is 2.47. The molecular formula is C17H16O2S. The van der Waals surface area contributed by atoms with Gasteiger partial charge in [0.25, 0.3) is 0 Å². The molecule has 2 rings (SSSR count). The van der Waals surface area contributed by atoms with E-state index in [0.29, 0.717) is 6.61 Å². The van der Waals surface area contributed by atoms with Gasteiger partial charge in [0.15, 0.2) is 0 Å². The molecule has 2 aromatic carbocycles. The van der Waals surface area contributed by atoms with Crippen LogP contribution in [0.1, 0.15) is 0 Å². The maximum Gasteiger partial charge on any atom is 0.330 e. The lowest BCUT2D eigenvalue weighted by molar-refractivity contribution is -0.137. The molecule has 2 nitrogen and oxygen atoms in total. The zero-order valence-corrected chi connectivity index (χ0v) is 11.9. The van der Waals surface area contributed by atoms with Crippen LogP contribution in [-0.2, 0) is 9.53 Å². The Labute approximate surface area is 123 Å². The van der Waals surface area contributed by atoms with E-state index in [4.69, 9.17) is 4.74 Å². The van der Waals surface area contributed by atoms with Crippen LogP contribution in [-0.4, -0.2) is 18.3 Å². The number of rotatable bonds is 6. The van der Waals surface area contributed by atoms with E-state index >= 15 is 0 Å². The molecule has 0 N–H and O–H groups in total. The molecule has 102 valence electrons. The lowest BCUT2D eigenvalue weighted by atomic mass is 10.1. The fourth-order valence-electron chi connectivity index (χ4n) is 1.73. The molecular weight excluding hydrogens is 268 g/mol. The third kappa shape index (κ3) is 4.28. The highest BCUT2D eigenvalue weighted by Crippen LogP contribution is 2.23. The Morgan fingerprint density at radius 1 is 1.05 bits per heavy atom. The first-order valence-corrected chi connectivity index (χ1v) is 7.35. The molecule has 0 radical (unpaired) electrons. The lowest BCUT2D eigenvalue weighted by Gasteiger charge is -2.05. The summed E-state index contributed by atoms with van der Waals surface area (Å²) in [6.45, 7) is 3.75. The van der Waals surface area contributed by atoms with Crippen molar-refractivity contribution in [1.29, 1.82) is 0 Å². The molecule has 0 aliphatic rings. The Balaban J connectivity index is 1.86. The van der Waals surface area contributed by atoms with E-state index in [9.17, 15) is 4.79 Å². The second kappa shape index (κ2) is 7.56. The van der Waals surface area contributed by atoms with Crippen molar-refractivity contribution in [1.82, 2.24) is 0 Å². The number of thioether (sulfide) groups is 1. The third-order valence-electron chi connectivity index (χ3n) is 2.72. The molecule has 2 aromatic rings. The summed E-state index contributed by atoms with van der Waals surface area (Å²) in [6.07, 6.45) is 1.18. The average molecular weight is 284 g/mol. The first kappa shape index (κ1) is 14.4. The minimum Gasteiger partial charge on any atom is -0.462 e. The van der Waals surface area contributed by atoms with Gasteiger partial charge in [-0.05, 0) is 23.3 Å². The van der Waals surface area contributed by atoms with Crippen molar-refractivity contribution >= 4 is 17.7 Å². The maximum atomic E-state index is 10.9. The quantitative estimate of drug-likeness (QED) is 0.344. The van der Waals surface area contributed by atoms with Gasteiger partial charge < -0.3 is 4.74 Å². The summed E-state index contributed by atoms with van der Waals surface area (Å²) in [7, 11) is 0. The number of carbonyl (C=O) groups excluding carboxylic acids is 1. The zero-order chi connectivity index (χ0) is 14.2. The van der Waals surface area contributed by atoms with Crippen molar-refractivity contribution in [3.8, 4) is 11.1 Å². The van der Waals surface area contributed by atoms with Crippen molar-refractivity contribution in [2.24, 2.45) is 0 Å². The van der Waals surface area contributed by atoms with Crippen LogP contribution in [0.2, 0.25) is 0 Å². The van der Waals surface area contributed by atoms with E-state index in [1.807, 2.05) is 18.2 Å². The molecule has 0 fully saturated rings. The van der Waals surface area contributed by atoms with E-state index in [1.165, 1.54) is 22.1 Å². The monoisotopic (exact) mass is 284 g/mol. The standard InChI is InChI=1S/C17H16O2S/c1-2-17(18)19-12-13-20-16-10-8-15(9-11-16)14-6-4-3-5-7-14/h2-11H,1,12-13H2. The summed E-state index contributed by atoms with van der Waals surface area (Å²) in [5.74, 6) is 0.370. The van der Waals surface area contributed by atoms with Crippen LogP contribution >= 0.6 is 11.8 Å². The molecule has 20 heavy (non-hydrogen) atoms. The molecule has 0 aromatic heterocycles. The van der Waals surface area contributed by atoms with Gasteiger partial charge in [-0.25, -0.2) is 4.79 Å². The highest BCUT2D eigenvalue weighted by Gasteiger charge is 1.99. The Kier molecular flexibility index (Phi) is 5.44. The first-order valence-electron chi connectivity index (χ1n) is 6.37. The largest absolute Gasteiger partial charge is 0.462 e. The molecule has 0 spiro atoms. The zero-order valence-electron chi connectivity index (χ0n) is 11.1. The number of ether oxygens (including phenoxy) is 1. The van der Waals surface area contributed by atoms with Crippen LogP contribution in [0.4, 0.5) is 0 Å². The van der Waals surface area contributed by atoms with Crippen LogP contribution in [0, 0.1) is 0 Å². The normalized spacial score (nSPS) is 10.0. The number of hydrogen-bond acceptors (Lipinski definition) is 3. The molecule has 3 heteroatoms. The summed E-state index contributed by atoms with van der Waals surface area (Å²) >= 11 is 1.67. The van der Waals surface area contributed by atoms with Gasteiger partial charge in [-0.3, -0.25) is 0 Å². The van der Waals surface area contributed by atoms with Gasteiger partial charge in [-0.15, -0.1) is 11.8 Å². The highest BCUT2D eigenvalue weighted by molar-refractivity contribution is 7.99. The summed E-state index contributed by atoms with van der Waals surface area (Å²) in [4.78, 5) is 12.0. The molecule has 0 bridgehead atoms. The SMILES string of the molecule is C=CC(=O)OCCSc1ccc(-c2ccccc2)cc1.